The first-order valence-electron chi connectivity index (χ1n) is 8.87. The molecule has 0 saturated carbocycles. The van der Waals surface area contributed by atoms with Crippen LogP contribution in [-0.4, -0.2) is 29.8 Å². The lowest BCUT2D eigenvalue weighted by atomic mass is 9.87. The molecule has 2 aromatic carbocycles. The number of carbonyl (C=O) groups is 1. The molecule has 0 radical (unpaired) electrons. The molecule has 1 atom stereocenters. The number of rotatable bonds is 4. The largest absolute Gasteiger partial charge is 0.868 e. The molecular weight excluding hydrogens is 378 g/mol. The lowest BCUT2D eigenvalue weighted by Gasteiger charge is -2.27. The SMILES string of the molecule is CC(C)(C)c1ccc2c(c1)O[C@@H](C(=O)NN=Cc1ccc([O-])c([N+](=O)[O-])c1)CO2. The van der Waals surface area contributed by atoms with Crippen molar-refractivity contribution in [1.82, 2.24) is 5.43 Å². The maximum Gasteiger partial charge on any atom is 0.284 e. The first-order valence-corrected chi connectivity index (χ1v) is 8.87. The third kappa shape index (κ3) is 4.63. The molecule has 29 heavy (non-hydrogen) atoms. The second-order valence-corrected chi connectivity index (χ2v) is 7.55. The third-order valence-electron chi connectivity index (χ3n) is 4.33. The average Bonchev–Trinajstić information content (AvgIpc) is 2.67. The number of hydrogen-bond donors (Lipinski definition) is 1. The normalized spacial score (nSPS) is 15.9. The van der Waals surface area contributed by atoms with Crippen molar-refractivity contribution < 1.29 is 24.3 Å². The van der Waals surface area contributed by atoms with Crippen LogP contribution in [0.25, 0.3) is 0 Å². The first kappa shape index (κ1) is 20.1. The Hall–Kier alpha value is -3.62. The molecule has 3 rings (SSSR count). The topological polar surface area (TPSA) is 126 Å². The van der Waals surface area contributed by atoms with Gasteiger partial charge in [-0.05, 0) is 28.9 Å². The number of amides is 1. The first-order chi connectivity index (χ1) is 13.6. The van der Waals surface area contributed by atoms with E-state index in [2.05, 4.69) is 31.3 Å². The summed E-state index contributed by atoms with van der Waals surface area (Å²) in [6.45, 7) is 6.24. The number of nitro groups is 1. The molecule has 0 fully saturated rings. The lowest BCUT2D eigenvalue weighted by molar-refractivity contribution is -0.398. The summed E-state index contributed by atoms with van der Waals surface area (Å²) in [4.78, 5) is 22.4. The van der Waals surface area contributed by atoms with Crippen LogP contribution in [0, 0.1) is 10.1 Å². The Morgan fingerprint density at radius 3 is 2.69 bits per heavy atom. The standard InChI is InChI=1S/C20H21N3O6/c1-20(2,3)13-5-7-16-17(9-13)29-18(11-28-16)19(25)22-21-10-12-4-6-15(24)14(8-12)23(26)27/h4-10,18,24H,11H2,1-3H3,(H,22,25)/p-1/t18-/m1/s1. The lowest BCUT2D eigenvalue weighted by Crippen LogP contribution is -2.42. The van der Waals surface area contributed by atoms with Crippen molar-refractivity contribution in [3.63, 3.8) is 0 Å². The fraction of sp³-hybridized carbons (Fsp3) is 0.300. The summed E-state index contributed by atoms with van der Waals surface area (Å²) in [7, 11) is 0. The van der Waals surface area contributed by atoms with E-state index in [1.165, 1.54) is 12.3 Å². The molecule has 0 unspecified atom stereocenters. The minimum atomic E-state index is -0.895. The zero-order valence-electron chi connectivity index (χ0n) is 16.2. The second-order valence-electron chi connectivity index (χ2n) is 7.55. The summed E-state index contributed by atoms with van der Waals surface area (Å²) < 4.78 is 11.4. The summed E-state index contributed by atoms with van der Waals surface area (Å²) in [6, 6.07) is 9.15. The van der Waals surface area contributed by atoms with Gasteiger partial charge in [-0.2, -0.15) is 5.10 Å². The van der Waals surface area contributed by atoms with Gasteiger partial charge in [0.2, 0.25) is 6.10 Å². The number of fused-ring (bicyclic) bond motifs is 1. The minimum absolute atomic E-state index is 0.0273. The molecule has 1 aliphatic heterocycles. The molecule has 152 valence electrons. The Morgan fingerprint density at radius 1 is 1.24 bits per heavy atom. The molecule has 0 spiro atoms. The van der Waals surface area contributed by atoms with Crippen molar-refractivity contribution in [1.29, 1.82) is 0 Å². The predicted molar refractivity (Wildman–Crippen MR) is 103 cm³/mol. The van der Waals surface area contributed by atoms with Crippen molar-refractivity contribution in [3.05, 3.63) is 57.6 Å². The van der Waals surface area contributed by atoms with Crippen molar-refractivity contribution >= 4 is 17.8 Å². The minimum Gasteiger partial charge on any atom is -0.868 e. The van der Waals surface area contributed by atoms with Crippen molar-refractivity contribution in [2.24, 2.45) is 5.10 Å². The van der Waals surface area contributed by atoms with Crippen molar-refractivity contribution in [2.45, 2.75) is 32.3 Å². The summed E-state index contributed by atoms with van der Waals surface area (Å²) in [5.41, 5.74) is 3.02. The fourth-order valence-corrected chi connectivity index (χ4v) is 2.67. The third-order valence-corrected chi connectivity index (χ3v) is 4.33. The van der Waals surface area contributed by atoms with E-state index >= 15 is 0 Å². The molecule has 9 nitrogen and oxygen atoms in total. The molecule has 0 saturated heterocycles. The summed E-state index contributed by atoms with van der Waals surface area (Å²) in [5.74, 6) is -0.176. The molecule has 2 aromatic rings. The number of ether oxygens (including phenoxy) is 2. The van der Waals surface area contributed by atoms with E-state index < -0.39 is 28.4 Å². The molecule has 0 bridgehead atoms. The van der Waals surface area contributed by atoms with Gasteiger partial charge in [-0.25, -0.2) is 5.43 Å². The van der Waals surface area contributed by atoms with E-state index in [0.29, 0.717) is 17.1 Å². The van der Waals surface area contributed by atoms with Crippen LogP contribution in [0.5, 0.6) is 17.2 Å². The number of hydrazone groups is 1. The van der Waals surface area contributed by atoms with E-state index in [9.17, 15) is 20.0 Å². The number of benzene rings is 2. The molecule has 0 aliphatic carbocycles. The van der Waals surface area contributed by atoms with E-state index in [1.807, 2.05) is 18.2 Å². The number of nitrogens with zero attached hydrogens (tertiary/aromatic N) is 2. The number of carbonyl (C=O) groups excluding carboxylic acids is 1. The van der Waals surface area contributed by atoms with Crippen LogP contribution < -0.4 is 20.0 Å². The predicted octanol–water partition coefficient (Wildman–Crippen LogP) is 2.26. The van der Waals surface area contributed by atoms with Gasteiger partial charge in [0.1, 0.15) is 6.61 Å². The van der Waals surface area contributed by atoms with Crippen LogP contribution in [0.1, 0.15) is 31.9 Å². The van der Waals surface area contributed by atoms with Gasteiger partial charge in [0, 0.05) is 11.6 Å². The molecule has 1 aliphatic rings. The average molecular weight is 398 g/mol. The number of hydrogen-bond acceptors (Lipinski definition) is 7. The van der Waals surface area contributed by atoms with Crippen LogP contribution in [0.3, 0.4) is 0 Å². The van der Waals surface area contributed by atoms with E-state index in [0.717, 1.165) is 17.7 Å². The van der Waals surface area contributed by atoms with Crippen LogP contribution in [0.4, 0.5) is 5.69 Å². The van der Waals surface area contributed by atoms with Gasteiger partial charge in [0.25, 0.3) is 11.6 Å². The quantitative estimate of drug-likeness (QED) is 0.478. The maximum atomic E-state index is 12.3. The summed E-state index contributed by atoms with van der Waals surface area (Å²) in [5, 5.41) is 26.0. The smallest absolute Gasteiger partial charge is 0.284 e. The molecule has 9 heteroatoms. The highest BCUT2D eigenvalue weighted by Gasteiger charge is 2.28. The maximum absolute atomic E-state index is 12.3. The van der Waals surface area contributed by atoms with E-state index in [-0.39, 0.29) is 12.0 Å². The van der Waals surface area contributed by atoms with Crippen LogP contribution in [0.15, 0.2) is 41.5 Å². The Kier molecular flexibility index (Phi) is 5.40. The molecule has 0 aromatic heterocycles. The van der Waals surface area contributed by atoms with Gasteiger partial charge >= 0.3 is 0 Å². The van der Waals surface area contributed by atoms with Gasteiger partial charge < -0.3 is 14.6 Å². The fourth-order valence-electron chi connectivity index (χ4n) is 2.67. The number of nitro benzene ring substituents is 1. The van der Waals surface area contributed by atoms with Crippen LogP contribution >= 0.6 is 0 Å². The zero-order chi connectivity index (χ0) is 21.2. The Balaban J connectivity index is 1.66. The van der Waals surface area contributed by atoms with E-state index in [1.54, 1.807) is 0 Å². The van der Waals surface area contributed by atoms with Gasteiger partial charge in [-0.3, -0.25) is 14.9 Å². The highest BCUT2D eigenvalue weighted by Crippen LogP contribution is 2.36. The monoisotopic (exact) mass is 398 g/mol. The zero-order valence-corrected chi connectivity index (χ0v) is 16.2. The van der Waals surface area contributed by atoms with Crippen molar-refractivity contribution in [3.8, 4) is 17.2 Å². The molecule has 1 heterocycles. The highest BCUT2D eigenvalue weighted by molar-refractivity contribution is 5.85. The summed E-state index contributed by atoms with van der Waals surface area (Å²) >= 11 is 0. The Labute approximate surface area is 167 Å². The van der Waals surface area contributed by atoms with Gasteiger partial charge in [0.15, 0.2) is 11.5 Å². The van der Waals surface area contributed by atoms with Gasteiger partial charge in [0.05, 0.1) is 11.1 Å². The Morgan fingerprint density at radius 2 is 2.00 bits per heavy atom. The highest BCUT2D eigenvalue weighted by atomic mass is 16.6. The van der Waals surface area contributed by atoms with Gasteiger partial charge in [-0.15, -0.1) is 0 Å². The molecular formula is C20H20N3O6-. The molecule has 1 amide bonds. The summed E-state index contributed by atoms with van der Waals surface area (Å²) in [6.07, 6.45) is 0.313. The van der Waals surface area contributed by atoms with Gasteiger partial charge in [-0.1, -0.05) is 39.0 Å². The van der Waals surface area contributed by atoms with E-state index in [4.69, 9.17) is 9.47 Å². The van der Waals surface area contributed by atoms with Crippen LogP contribution in [0.2, 0.25) is 0 Å². The van der Waals surface area contributed by atoms with Crippen LogP contribution in [-0.2, 0) is 10.2 Å². The number of nitrogens with one attached hydrogen (secondary N) is 1. The second kappa shape index (κ2) is 7.78. The van der Waals surface area contributed by atoms with Crippen molar-refractivity contribution in [2.75, 3.05) is 6.61 Å². The molecule has 1 N–H and O–H groups in total. The Bertz CT molecular complexity index is 981.